The Balaban J connectivity index is 1.58. The lowest BCUT2D eigenvalue weighted by Crippen LogP contribution is -2.44. The standard InChI is InChI=1S/C19H19N3O4/c1-26-13-8-6-12(7-9-13)11-20-17(23)10-16-19(25)21-15-5-3-2-4-14(15)18(24)22-16/h2-9,16H,10-11H2,1H3,(H,20,23)(H,21,25)(H,22,24)/t16-/m0/s1. The lowest BCUT2D eigenvalue weighted by molar-refractivity contribution is -0.125. The molecule has 2 aromatic rings. The van der Waals surface area contributed by atoms with Crippen LogP contribution < -0.4 is 20.7 Å². The lowest BCUT2D eigenvalue weighted by atomic mass is 10.1. The molecular formula is C19H19N3O4. The Kier molecular flexibility index (Phi) is 5.17. The number of nitrogens with one attached hydrogen (secondary N) is 3. The molecule has 0 saturated carbocycles. The molecule has 1 aliphatic heterocycles. The predicted molar refractivity (Wildman–Crippen MR) is 95.8 cm³/mol. The van der Waals surface area contributed by atoms with Crippen LogP contribution in [0.15, 0.2) is 48.5 Å². The molecule has 0 aliphatic carbocycles. The second kappa shape index (κ2) is 7.69. The Bertz CT molecular complexity index is 833. The van der Waals surface area contributed by atoms with Crippen molar-refractivity contribution < 1.29 is 19.1 Å². The number of hydrogen-bond donors (Lipinski definition) is 3. The van der Waals surface area contributed by atoms with Gasteiger partial charge in [0.15, 0.2) is 0 Å². The van der Waals surface area contributed by atoms with E-state index in [1.54, 1.807) is 43.5 Å². The number of fused-ring (bicyclic) bond motifs is 1. The van der Waals surface area contributed by atoms with Crippen LogP contribution in [-0.2, 0) is 16.1 Å². The van der Waals surface area contributed by atoms with Gasteiger partial charge in [0.1, 0.15) is 11.8 Å². The predicted octanol–water partition coefficient (Wildman–Crippen LogP) is 1.45. The van der Waals surface area contributed by atoms with Gasteiger partial charge in [-0.1, -0.05) is 24.3 Å². The third-order valence-electron chi connectivity index (χ3n) is 4.09. The van der Waals surface area contributed by atoms with Crippen molar-refractivity contribution in [1.29, 1.82) is 0 Å². The number of ether oxygens (including phenoxy) is 1. The van der Waals surface area contributed by atoms with E-state index >= 15 is 0 Å². The van der Waals surface area contributed by atoms with Crippen LogP contribution in [-0.4, -0.2) is 30.9 Å². The summed E-state index contributed by atoms with van der Waals surface area (Å²) in [6.45, 7) is 0.325. The number of para-hydroxylation sites is 1. The Morgan fingerprint density at radius 1 is 1.12 bits per heavy atom. The summed E-state index contributed by atoms with van der Waals surface area (Å²) >= 11 is 0. The zero-order valence-electron chi connectivity index (χ0n) is 14.2. The smallest absolute Gasteiger partial charge is 0.254 e. The van der Waals surface area contributed by atoms with Gasteiger partial charge in [0.25, 0.3) is 5.91 Å². The van der Waals surface area contributed by atoms with Crippen molar-refractivity contribution in [1.82, 2.24) is 10.6 Å². The molecule has 134 valence electrons. The first kappa shape index (κ1) is 17.5. The number of hydrogen-bond acceptors (Lipinski definition) is 4. The van der Waals surface area contributed by atoms with Crippen molar-refractivity contribution in [3.8, 4) is 5.75 Å². The molecule has 3 N–H and O–H groups in total. The van der Waals surface area contributed by atoms with E-state index in [0.717, 1.165) is 11.3 Å². The molecule has 0 saturated heterocycles. The first-order valence-corrected chi connectivity index (χ1v) is 8.17. The van der Waals surface area contributed by atoms with Gasteiger partial charge in [-0.05, 0) is 29.8 Å². The zero-order chi connectivity index (χ0) is 18.5. The van der Waals surface area contributed by atoms with Gasteiger partial charge in [-0.3, -0.25) is 14.4 Å². The van der Waals surface area contributed by atoms with Crippen LogP contribution in [0.25, 0.3) is 0 Å². The lowest BCUT2D eigenvalue weighted by Gasteiger charge is -2.14. The van der Waals surface area contributed by atoms with Crippen molar-refractivity contribution in [2.45, 2.75) is 19.0 Å². The summed E-state index contributed by atoms with van der Waals surface area (Å²) in [4.78, 5) is 36.7. The monoisotopic (exact) mass is 353 g/mol. The summed E-state index contributed by atoms with van der Waals surface area (Å²) < 4.78 is 5.08. The van der Waals surface area contributed by atoms with Crippen molar-refractivity contribution >= 4 is 23.4 Å². The van der Waals surface area contributed by atoms with E-state index in [-0.39, 0.29) is 18.2 Å². The van der Waals surface area contributed by atoms with Crippen LogP contribution in [0.4, 0.5) is 5.69 Å². The van der Waals surface area contributed by atoms with E-state index in [2.05, 4.69) is 16.0 Å². The average molecular weight is 353 g/mol. The molecule has 0 unspecified atom stereocenters. The SMILES string of the molecule is COc1ccc(CNC(=O)C[C@@H]2NC(=O)c3ccccc3NC2=O)cc1. The van der Waals surface area contributed by atoms with Gasteiger partial charge in [0.05, 0.1) is 24.8 Å². The molecule has 0 bridgehead atoms. The molecule has 0 radical (unpaired) electrons. The van der Waals surface area contributed by atoms with E-state index < -0.39 is 11.9 Å². The zero-order valence-corrected chi connectivity index (χ0v) is 14.2. The molecule has 3 amide bonds. The Labute approximate surface area is 150 Å². The molecule has 2 aromatic carbocycles. The van der Waals surface area contributed by atoms with Gasteiger partial charge in [-0.15, -0.1) is 0 Å². The number of rotatable bonds is 5. The number of amides is 3. The Morgan fingerprint density at radius 2 is 1.85 bits per heavy atom. The quantitative estimate of drug-likeness (QED) is 0.758. The van der Waals surface area contributed by atoms with Crippen LogP contribution in [0, 0.1) is 0 Å². The molecule has 0 spiro atoms. The highest BCUT2D eigenvalue weighted by molar-refractivity contribution is 6.10. The number of carbonyl (C=O) groups excluding carboxylic acids is 3. The van der Waals surface area contributed by atoms with E-state index in [1.165, 1.54) is 0 Å². The second-order valence-electron chi connectivity index (χ2n) is 5.89. The number of benzene rings is 2. The van der Waals surface area contributed by atoms with Crippen LogP contribution in [0.5, 0.6) is 5.75 Å². The highest BCUT2D eigenvalue weighted by atomic mass is 16.5. The molecule has 7 nitrogen and oxygen atoms in total. The van der Waals surface area contributed by atoms with Crippen LogP contribution >= 0.6 is 0 Å². The number of anilines is 1. The van der Waals surface area contributed by atoms with Gasteiger partial charge in [-0.25, -0.2) is 0 Å². The maximum atomic E-state index is 12.3. The van der Waals surface area contributed by atoms with Gasteiger partial charge in [0, 0.05) is 6.54 Å². The third-order valence-corrected chi connectivity index (χ3v) is 4.09. The third kappa shape index (κ3) is 4.00. The summed E-state index contributed by atoms with van der Waals surface area (Å²) in [7, 11) is 1.58. The van der Waals surface area contributed by atoms with Crippen molar-refractivity contribution in [3.63, 3.8) is 0 Å². The summed E-state index contributed by atoms with van der Waals surface area (Å²) in [5.41, 5.74) is 1.72. The minimum atomic E-state index is -0.925. The fraction of sp³-hybridized carbons (Fsp3) is 0.211. The Morgan fingerprint density at radius 3 is 2.58 bits per heavy atom. The molecule has 7 heteroatoms. The molecule has 1 aliphatic rings. The van der Waals surface area contributed by atoms with Gasteiger partial charge in [0.2, 0.25) is 11.8 Å². The number of methoxy groups -OCH3 is 1. The van der Waals surface area contributed by atoms with Crippen molar-refractivity contribution in [2.24, 2.45) is 0 Å². The van der Waals surface area contributed by atoms with E-state index in [0.29, 0.717) is 17.8 Å². The van der Waals surface area contributed by atoms with Crippen LogP contribution in [0.2, 0.25) is 0 Å². The van der Waals surface area contributed by atoms with Crippen molar-refractivity contribution in [2.75, 3.05) is 12.4 Å². The summed E-state index contributed by atoms with van der Waals surface area (Å²) in [5.74, 6) is -0.389. The molecular weight excluding hydrogens is 334 g/mol. The Hall–Kier alpha value is -3.35. The van der Waals surface area contributed by atoms with Crippen molar-refractivity contribution in [3.05, 3.63) is 59.7 Å². The maximum Gasteiger partial charge on any atom is 0.254 e. The fourth-order valence-electron chi connectivity index (χ4n) is 2.66. The van der Waals surface area contributed by atoms with E-state index in [4.69, 9.17) is 4.74 Å². The topological polar surface area (TPSA) is 96.5 Å². The first-order chi connectivity index (χ1) is 12.6. The van der Waals surface area contributed by atoms with E-state index in [1.807, 2.05) is 12.1 Å². The summed E-state index contributed by atoms with van der Waals surface area (Å²) in [6, 6.07) is 13.1. The van der Waals surface area contributed by atoms with Gasteiger partial charge >= 0.3 is 0 Å². The molecule has 0 fully saturated rings. The molecule has 0 aromatic heterocycles. The van der Waals surface area contributed by atoms with Gasteiger partial charge in [-0.2, -0.15) is 0 Å². The normalized spacial score (nSPS) is 16.0. The second-order valence-corrected chi connectivity index (χ2v) is 5.89. The summed E-state index contributed by atoms with van der Waals surface area (Å²) in [5, 5.41) is 8.03. The minimum absolute atomic E-state index is 0.137. The first-order valence-electron chi connectivity index (χ1n) is 8.17. The average Bonchev–Trinajstić information content (AvgIpc) is 2.77. The van der Waals surface area contributed by atoms with Gasteiger partial charge < -0.3 is 20.7 Å². The maximum absolute atomic E-state index is 12.3. The number of carbonyl (C=O) groups is 3. The summed E-state index contributed by atoms with van der Waals surface area (Å²) in [6.07, 6.45) is -0.137. The largest absolute Gasteiger partial charge is 0.497 e. The molecule has 1 atom stereocenters. The fourth-order valence-corrected chi connectivity index (χ4v) is 2.66. The minimum Gasteiger partial charge on any atom is -0.497 e. The highest BCUT2D eigenvalue weighted by Gasteiger charge is 2.29. The molecule has 3 rings (SSSR count). The van der Waals surface area contributed by atoms with E-state index in [9.17, 15) is 14.4 Å². The van der Waals surface area contributed by atoms with Crippen LogP contribution in [0.3, 0.4) is 0 Å². The highest BCUT2D eigenvalue weighted by Crippen LogP contribution is 2.18. The molecule has 1 heterocycles. The molecule has 26 heavy (non-hydrogen) atoms. The van der Waals surface area contributed by atoms with Crippen LogP contribution in [0.1, 0.15) is 22.3 Å².